The second kappa shape index (κ2) is 11.6. The van der Waals surface area contributed by atoms with Crippen LogP contribution in [0.2, 0.25) is 0 Å². The van der Waals surface area contributed by atoms with E-state index in [1.54, 1.807) is 30.3 Å². The molecule has 1 aromatic heterocycles. The molecule has 0 unspecified atom stereocenters. The van der Waals surface area contributed by atoms with E-state index in [9.17, 15) is 9.59 Å². The molecule has 3 aromatic rings. The van der Waals surface area contributed by atoms with E-state index in [2.05, 4.69) is 5.32 Å². The second-order valence-corrected chi connectivity index (χ2v) is 9.45. The Balaban J connectivity index is 1.61. The fraction of sp³-hybridized carbons (Fsp3) is 0.379. The van der Waals surface area contributed by atoms with Crippen LogP contribution >= 0.6 is 0 Å². The zero-order chi connectivity index (χ0) is 27.4. The lowest BCUT2D eigenvalue weighted by molar-refractivity contribution is -0.126. The highest BCUT2D eigenvalue weighted by Crippen LogP contribution is 2.42. The van der Waals surface area contributed by atoms with Gasteiger partial charge >= 0.3 is 0 Å². The molecule has 2 heterocycles. The van der Waals surface area contributed by atoms with Crippen molar-refractivity contribution in [1.29, 1.82) is 0 Å². The number of benzene rings is 2. The van der Waals surface area contributed by atoms with Gasteiger partial charge in [-0.1, -0.05) is 18.9 Å². The van der Waals surface area contributed by atoms with E-state index < -0.39 is 11.9 Å². The van der Waals surface area contributed by atoms with Crippen molar-refractivity contribution < 1.29 is 37.7 Å². The van der Waals surface area contributed by atoms with Crippen LogP contribution in [0.3, 0.4) is 0 Å². The monoisotopic (exact) mass is 536 g/mol. The summed E-state index contributed by atoms with van der Waals surface area (Å²) in [6.07, 6.45) is 5.31. The van der Waals surface area contributed by atoms with Crippen LogP contribution < -0.4 is 29.0 Å². The van der Waals surface area contributed by atoms with E-state index in [0.717, 1.165) is 31.2 Å². The summed E-state index contributed by atoms with van der Waals surface area (Å²) < 4.78 is 33.1. The topological polar surface area (TPSA) is 109 Å². The maximum Gasteiger partial charge on any atom is 0.290 e. The van der Waals surface area contributed by atoms with Crippen molar-refractivity contribution >= 4 is 11.8 Å². The SMILES string of the molecule is COc1cc([C@H](C(=O)NC2CCCC2)N(Cc2ccc3c(c2)OCO3)C(=O)c2ccco2)cc(OC)c1OC. The van der Waals surface area contributed by atoms with Crippen molar-refractivity contribution in [3.05, 3.63) is 65.6 Å². The highest BCUT2D eigenvalue weighted by Gasteiger charge is 2.36. The molecule has 1 saturated carbocycles. The molecule has 0 bridgehead atoms. The standard InChI is InChI=1S/C29H32N2O8/c1-34-24-14-19(15-25(35-2)27(24)36-3)26(28(32)30-20-7-4-5-8-20)31(29(33)22-9-6-12-37-22)16-18-10-11-21-23(13-18)39-17-38-21/h6,9-15,20,26H,4-5,7-8,16-17H2,1-3H3,(H,30,32)/t26-/m1/s1. The van der Waals surface area contributed by atoms with E-state index in [4.69, 9.17) is 28.1 Å². The van der Waals surface area contributed by atoms with E-state index >= 15 is 0 Å². The molecule has 10 nitrogen and oxygen atoms in total. The third-order valence-electron chi connectivity index (χ3n) is 7.05. The molecule has 1 fully saturated rings. The third kappa shape index (κ3) is 5.45. The van der Waals surface area contributed by atoms with Crippen LogP contribution in [0.15, 0.2) is 53.1 Å². The van der Waals surface area contributed by atoms with Crippen molar-refractivity contribution in [1.82, 2.24) is 10.2 Å². The fourth-order valence-corrected chi connectivity index (χ4v) is 5.14. The molecule has 10 heteroatoms. The van der Waals surface area contributed by atoms with Crippen molar-refractivity contribution in [2.24, 2.45) is 0 Å². The summed E-state index contributed by atoms with van der Waals surface area (Å²) in [5, 5.41) is 3.17. The van der Waals surface area contributed by atoms with Crippen LogP contribution in [-0.4, -0.2) is 50.9 Å². The summed E-state index contributed by atoms with van der Waals surface area (Å²) in [6.45, 7) is 0.223. The Kier molecular flexibility index (Phi) is 7.81. The first-order chi connectivity index (χ1) is 19.0. The first-order valence-electron chi connectivity index (χ1n) is 12.9. The molecular weight excluding hydrogens is 504 g/mol. The molecular formula is C29H32N2O8. The van der Waals surface area contributed by atoms with Gasteiger partial charge in [-0.25, -0.2) is 0 Å². The van der Waals surface area contributed by atoms with Gasteiger partial charge in [-0.3, -0.25) is 9.59 Å². The average Bonchev–Trinajstić information content (AvgIpc) is 3.74. The Morgan fingerprint density at radius 2 is 1.69 bits per heavy atom. The van der Waals surface area contributed by atoms with Crippen LogP contribution in [0.1, 0.15) is 53.4 Å². The quantitative estimate of drug-likeness (QED) is 0.404. The second-order valence-electron chi connectivity index (χ2n) is 9.45. The van der Waals surface area contributed by atoms with E-state index in [1.807, 2.05) is 12.1 Å². The van der Waals surface area contributed by atoms with Gasteiger partial charge in [0.15, 0.2) is 28.8 Å². The van der Waals surface area contributed by atoms with Gasteiger partial charge < -0.3 is 38.3 Å². The van der Waals surface area contributed by atoms with Gasteiger partial charge in [0, 0.05) is 12.6 Å². The Morgan fingerprint density at radius 3 is 2.33 bits per heavy atom. The Labute approximate surface area is 226 Å². The van der Waals surface area contributed by atoms with E-state index in [-0.39, 0.29) is 31.0 Å². The molecule has 1 aliphatic heterocycles. The zero-order valence-corrected chi connectivity index (χ0v) is 22.2. The minimum Gasteiger partial charge on any atom is -0.493 e. The zero-order valence-electron chi connectivity index (χ0n) is 22.2. The molecule has 206 valence electrons. The molecule has 39 heavy (non-hydrogen) atoms. The summed E-state index contributed by atoms with van der Waals surface area (Å²) in [4.78, 5) is 29.5. The molecule has 0 spiro atoms. The lowest BCUT2D eigenvalue weighted by atomic mass is 10.0. The number of nitrogens with zero attached hydrogens (tertiary/aromatic N) is 1. The molecule has 1 atom stereocenters. The molecule has 5 rings (SSSR count). The normalized spacial score (nSPS) is 15.1. The summed E-state index contributed by atoms with van der Waals surface area (Å²) in [5.41, 5.74) is 1.26. The van der Waals surface area contributed by atoms with Crippen LogP contribution in [0.5, 0.6) is 28.7 Å². The Morgan fingerprint density at radius 1 is 0.974 bits per heavy atom. The van der Waals surface area contributed by atoms with Gasteiger partial charge in [0.1, 0.15) is 6.04 Å². The highest BCUT2D eigenvalue weighted by molar-refractivity contribution is 5.96. The smallest absolute Gasteiger partial charge is 0.290 e. The Bertz CT molecular complexity index is 1290. The average molecular weight is 537 g/mol. The largest absolute Gasteiger partial charge is 0.493 e. The van der Waals surface area contributed by atoms with Crippen molar-refractivity contribution in [2.45, 2.75) is 44.3 Å². The van der Waals surface area contributed by atoms with Gasteiger partial charge in [-0.2, -0.15) is 0 Å². The molecule has 2 aromatic carbocycles. The molecule has 0 saturated heterocycles. The number of methoxy groups -OCH3 is 3. The van der Waals surface area contributed by atoms with Crippen LogP contribution in [-0.2, 0) is 11.3 Å². The predicted molar refractivity (Wildman–Crippen MR) is 140 cm³/mol. The van der Waals surface area contributed by atoms with Crippen LogP contribution in [0.25, 0.3) is 0 Å². The maximum absolute atomic E-state index is 14.1. The summed E-state index contributed by atoms with van der Waals surface area (Å²) in [5.74, 6) is 1.70. The number of rotatable bonds is 10. The summed E-state index contributed by atoms with van der Waals surface area (Å²) in [7, 11) is 4.52. The number of fused-ring (bicyclic) bond motifs is 1. The molecule has 2 aliphatic rings. The van der Waals surface area contributed by atoms with E-state index in [1.165, 1.54) is 32.5 Å². The number of furan rings is 1. The fourth-order valence-electron chi connectivity index (χ4n) is 5.14. The molecule has 1 aliphatic carbocycles. The minimum absolute atomic E-state index is 0.0353. The number of ether oxygens (including phenoxy) is 5. The van der Waals surface area contributed by atoms with Gasteiger partial charge in [0.25, 0.3) is 5.91 Å². The van der Waals surface area contributed by atoms with Gasteiger partial charge in [0.2, 0.25) is 18.4 Å². The third-order valence-corrected chi connectivity index (χ3v) is 7.05. The van der Waals surface area contributed by atoms with Gasteiger partial charge in [-0.05, 0) is 60.4 Å². The number of carbonyl (C=O) groups is 2. The first-order valence-corrected chi connectivity index (χ1v) is 12.9. The summed E-state index contributed by atoms with van der Waals surface area (Å²) >= 11 is 0. The first kappa shape index (κ1) is 26.3. The van der Waals surface area contributed by atoms with Crippen LogP contribution in [0.4, 0.5) is 0 Å². The van der Waals surface area contributed by atoms with Gasteiger partial charge in [-0.15, -0.1) is 0 Å². The number of hydrogen-bond acceptors (Lipinski definition) is 8. The van der Waals surface area contributed by atoms with Crippen LogP contribution in [0, 0.1) is 0 Å². The Hall–Kier alpha value is -4.34. The lowest BCUT2D eigenvalue weighted by Crippen LogP contribution is -2.45. The maximum atomic E-state index is 14.1. The van der Waals surface area contributed by atoms with Crippen molar-refractivity contribution in [3.63, 3.8) is 0 Å². The number of carbonyl (C=O) groups excluding carboxylic acids is 2. The van der Waals surface area contributed by atoms with Crippen molar-refractivity contribution in [3.8, 4) is 28.7 Å². The number of nitrogens with one attached hydrogen (secondary N) is 1. The number of amides is 2. The van der Waals surface area contributed by atoms with Crippen molar-refractivity contribution in [2.75, 3.05) is 28.1 Å². The van der Waals surface area contributed by atoms with E-state index in [0.29, 0.717) is 34.3 Å². The summed E-state index contributed by atoms with van der Waals surface area (Å²) in [6, 6.07) is 11.1. The molecule has 1 N–H and O–H groups in total. The molecule has 2 amide bonds. The lowest BCUT2D eigenvalue weighted by Gasteiger charge is -2.32. The number of hydrogen-bond donors (Lipinski definition) is 1. The predicted octanol–water partition coefficient (Wildman–Crippen LogP) is 4.48. The molecule has 0 radical (unpaired) electrons. The highest BCUT2D eigenvalue weighted by atomic mass is 16.7. The van der Waals surface area contributed by atoms with Gasteiger partial charge in [0.05, 0.1) is 27.6 Å². The minimum atomic E-state index is -1.04.